The van der Waals surface area contributed by atoms with E-state index in [0.29, 0.717) is 12.5 Å². The molecule has 90 valence electrons. The molecule has 0 aliphatic carbocycles. The van der Waals surface area contributed by atoms with Gasteiger partial charge in [-0.2, -0.15) is 0 Å². The summed E-state index contributed by atoms with van der Waals surface area (Å²) in [6.07, 6.45) is 0. The number of nitrogens with zero attached hydrogens (tertiary/aromatic N) is 1. The Morgan fingerprint density at radius 2 is 1.73 bits per heavy atom. The van der Waals surface area contributed by atoms with Crippen LogP contribution in [0.25, 0.3) is 0 Å². The highest BCUT2D eigenvalue weighted by Crippen LogP contribution is 2.01. The molecule has 0 rings (SSSR count). The number of aliphatic hydroxyl groups excluding tert-OH is 3. The second-order valence-electron chi connectivity index (χ2n) is 4.00. The van der Waals surface area contributed by atoms with E-state index in [9.17, 15) is 0 Å². The first-order chi connectivity index (χ1) is 6.99. The molecule has 0 aromatic rings. The summed E-state index contributed by atoms with van der Waals surface area (Å²) in [5.74, 6) is 0.484. The van der Waals surface area contributed by atoms with Crippen LogP contribution in [-0.4, -0.2) is 53.2 Å². The van der Waals surface area contributed by atoms with Gasteiger partial charge in [0.05, 0.1) is 19.8 Å². The highest BCUT2D eigenvalue weighted by atomic mass is 16.3. The van der Waals surface area contributed by atoms with Gasteiger partial charge in [0, 0.05) is 6.54 Å². The van der Waals surface area contributed by atoms with Crippen LogP contribution in [0.15, 0.2) is 4.99 Å². The van der Waals surface area contributed by atoms with Gasteiger partial charge in [0.2, 0.25) is 0 Å². The highest BCUT2D eigenvalue weighted by molar-refractivity contribution is 5.78. The van der Waals surface area contributed by atoms with E-state index in [4.69, 9.17) is 21.1 Å². The fourth-order valence-electron chi connectivity index (χ4n) is 0.861. The molecule has 0 unspecified atom stereocenters. The van der Waals surface area contributed by atoms with Crippen LogP contribution in [-0.2, 0) is 0 Å². The Morgan fingerprint density at radius 1 is 1.27 bits per heavy atom. The molecular formula is C9H21N3O3. The molecule has 0 aliphatic rings. The largest absolute Gasteiger partial charge is 0.394 e. The van der Waals surface area contributed by atoms with Gasteiger partial charge in [0.15, 0.2) is 5.96 Å². The van der Waals surface area contributed by atoms with Crippen LogP contribution >= 0.6 is 0 Å². The summed E-state index contributed by atoms with van der Waals surface area (Å²) in [4.78, 5) is 4.00. The molecule has 0 fully saturated rings. The number of nitrogens with two attached hydrogens (primary N) is 1. The van der Waals surface area contributed by atoms with Crippen molar-refractivity contribution in [2.75, 3.05) is 26.4 Å². The lowest BCUT2D eigenvalue weighted by Crippen LogP contribution is -2.59. The molecule has 0 radical (unpaired) electrons. The highest BCUT2D eigenvalue weighted by Gasteiger charge is 2.28. The summed E-state index contributed by atoms with van der Waals surface area (Å²) < 4.78 is 0. The second-order valence-corrected chi connectivity index (χ2v) is 4.00. The van der Waals surface area contributed by atoms with E-state index in [1.807, 2.05) is 13.8 Å². The number of aliphatic imine (C=N–C) groups is 1. The van der Waals surface area contributed by atoms with Crippen LogP contribution in [0.5, 0.6) is 0 Å². The number of rotatable bonds is 6. The molecule has 0 heterocycles. The van der Waals surface area contributed by atoms with E-state index in [1.165, 1.54) is 0 Å². The minimum Gasteiger partial charge on any atom is -0.394 e. The lowest BCUT2D eigenvalue weighted by Gasteiger charge is -2.29. The van der Waals surface area contributed by atoms with Crippen molar-refractivity contribution in [2.45, 2.75) is 19.4 Å². The minimum absolute atomic E-state index is 0.112. The summed E-state index contributed by atoms with van der Waals surface area (Å²) in [5.41, 5.74) is 4.34. The third-order valence-electron chi connectivity index (χ3n) is 1.93. The molecule has 0 saturated heterocycles. The maximum absolute atomic E-state index is 9.01. The van der Waals surface area contributed by atoms with Crippen LogP contribution in [0.3, 0.4) is 0 Å². The fraction of sp³-hybridized carbons (Fsp3) is 0.889. The first-order valence-electron chi connectivity index (χ1n) is 4.90. The lowest BCUT2D eigenvalue weighted by molar-refractivity contribution is 0.0555. The van der Waals surface area contributed by atoms with Crippen LogP contribution in [0.4, 0.5) is 0 Å². The zero-order chi connectivity index (χ0) is 11.9. The zero-order valence-electron chi connectivity index (χ0n) is 9.27. The van der Waals surface area contributed by atoms with Crippen LogP contribution < -0.4 is 11.1 Å². The number of hydrogen-bond acceptors (Lipinski definition) is 4. The second kappa shape index (κ2) is 6.60. The topological polar surface area (TPSA) is 111 Å². The van der Waals surface area contributed by atoms with Gasteiger partial charge in [-0.15, -0.1) is 0 Å². The lowest BCUT2D eigenvalue weighted by atomic mass is 10.0. The molecule has 0 bridgehead atoms. The normalized spacial score (nSPS) is 13.3. The van der Waals surface area contributed by atoms with Gasteiger partial charge < -0.3 is 26.4 Å². The van der Waals surface area contributed by atoms with Crippen molar-refractivity contribution >= 4 is 5.96 Å². The fourth-order valence-corrected chi connectivity index (χ4v) is 0.861. The smallest absolute Gasteiger partial charge is 0.189 e. The molecule has 15 heavy (non-hydrogen) atoms. The van der Waals surface area contributed by atoms with Crippen molar-refractivity contribution in [3.05, 3.63) is 0 Å². The van der Waals surface area contributed by atoms with E-state index < -0.39 is 25.4 Å². The third kappa shape index (κ3) is 4.96. The third-order valence-corrected chi connectivity index (χ3v) is 1.93. The number of guanidine groups is 1. The summed E-state index contributed by atoms with van der Waals surface area (Å²) in [5, 5.41) is 29.6. The van der Waals surface area contributed by atoms with Crippen molar-refractivity contribution in [3.63, 3.8) is 0 Å². The van der Waals surface area contributed by atoms with Crippen molar-refractivity contribution in [1.82, 2.24) is 5.32 Å². The molecule has 0 atom stereocenters. The molecule has 6 nitrogen and oxygen atoms in total. The quantitative estimate of drug-likeness (QED) is 0.269. The van der Waals surface area contributed by atoms with Gasteiger partial charge >= 0.3 is 0 Å². The molecule has 6 heteroatoms. The van der Waals surface area contributed by atoms with Gasteiger partial charge in [-0.1, -0.05) is 13.8 Å². The van der Waals surface area contributed by atoms with Gasteiger partial charge in [-0.3, -0.25) is 4.99 Å². The SMILES string of the molecule is CC(C)CN=C(N)NC(CO)(CO)CO. The Kier molecular flexibility index (Phi) is 6.23. The monoisotopic (exact) mass is 219 g/mol. The van der Waals surface area contributed by atoms with Gasteiger partial charge in [-0.05, 0) is 5.92 Å². The Labute approximate surface area is 89.8 Å². The predicted molar refractivity (Wildman–Crippen MR) is 58.5 cm³/mol. The summed E-state index contributed by atoms with van der Waals surface area (Å²) in [6.45, 7) is 3.28. The summed E-state index contributed by atoms with van der Waals surface area (Å²) >= 11 is 0. The van der Waals surface area contributed by atoms with Gasteiger partial charge in [0.1, 0.15) is 5.54 Å². The molecular weight excluding hydrogens is 198 g/mol. The van der Waals surface area contributed by atoms with Crippen molar-refractivity contribution in [2.24, 2.45) is 16.6 Å². The predicted octanol–water partition coefficient (Wildman–Crippen LogP) is -1.74. The molecule has 0 aromatic carbocycles. The first-order valence-corrected chi connectivity index (χ1v) is 4.90. The van der Waals surface area contributed by atoms with Gasteiger partial charge in [-0.25, -0.2) is 0 Å². The van der Waals surface area contributed by atoms with Gasteiger partial charge in [0.25, 0.3) is 0 Å². The van der Waals surface area contributed by atoms with E-state index in [2.05, 4.69) is 10.3 Å². The van der Waals surface area contributed by atoms with Crippen molar-refractivity contribution in [3.8, 4) is 0 Å². The van der Waals surface area contributed by atoms with E-state index >= 15 is 0 Å². The average molecular weight is 219 g/mol. The molecule has 0 amide bonds. The molecule has 0 spiro atoms. The molecule has 0 aliphatic heterocycles. The minimum atomic E-state index is -1.20. The zero-order valence-corrected chi connectivity index (χ0v) is 9.27. The van der Waals surface area contributed by atoms with Crippen molar-refractivity contribution in [1.29, 1.82) is 0 Å². The van der Waals surface area contributed by atoms with Crippen LogP contribution in [0.1, 0.15) is 13.8 Å². The Hall–Kier alpha value is -0.850. The standard InChI is InChI=1S/C9H21N3O3/c1-7(2)3-11-8(10)12-9(4-13,5-14)6-15/h7,13-15H,3-6H2,1-2H3,(H3,10,11,12). The van der Waals surface area contributed by atoms with E-state index in [1.54, 1.807) is 0 Å². The maximum Gasteiger partial charge on any atom is 0.189 e. The van der Waals surface area contributed by atoms with E-state index in [0.717, 1.165) is 0 Å². The Bertz CT molecular complexity index is 195. The summed E-state index contributed by atoms with van der Waals surface area (Å²) in [6, 6.07) is 0. The number of hydrogen-bond donors (Lipinski definition) is 5. The Morgan fingerprint density at radius 3 is 2.07 bits per heavy atom. The van der Waals surface area contributed by atoms with E-state index in [-0.39, 0.29) is 5.96 Å². The first kappa shape index (κ1) is 14.2. The maximum atomic E-state index is 9.01. The average Bonchev–Trinajstić information content (AvgIpc) is 2.23. The number of nitrogens with one attached hydrogen (secondary N) is 1. The van der Waals surface area contributed by atoms with Crippen LogP contribution in [0.2, 0.25) is 0 Å². The Balaban J connectivity index is 4.34. The van der Waals surface area contributed by atoms with Crippen molar-refractivity contribution < 1.29 is 15.3 Å². The molecule has 6 N–H and O–H groups in total. The summed E-state index contributed by atoms with van der Waals surface area (Å²) in [7, 11) is 0. The van der Waals surface area contributed by atoms with Crippen LogP contribution in [0, 0.1) is 5.92 Å². The molecule has 0 saturated carbocycles. The number of aliphatic hydroxyl groups is 3. The molecule has 0 aromatic heterocycles.